The largest absolute Gasteiger partial charge is 0.398 e. The quantitative estimate of drug-likeness (QED) is 0.507. The van der Waals surface area contributed by atoms with Gasteiger partial charge in [0, 0.05) is 28.8 Å². The van der Waals surface area contributed by atoms with Gasteiger partial charge in [0.25, 0.3) is 5.69 Å². The summed E-state index contributed by atoms with van der Waals surface area (Å²) in [5.41, 5.74) is 7.50. The van der Waals surface area contributed by atoms with Crippen LogP contribution in [0.4, 0.5) is 11.4 Å². The second-order valence-corrected chi connectivity index (χ2v) is 5.65. The van der Waals surface area contributed by atoms with E-state index in [1.54, 1.807) is 12.1 Å². The molecule has 17 heavy (non-hydrogen) atoms. The van der Waals surface area contributed by atoms with Gasteiger partial charge in [0.1, 0.15) is 0 Å². The van der Waals surface area contributed by atoms with E-state index in [4.69, 9.17) is 5.73 Å². The summed E-state index contributed by atoms with van der Waals surface area (Å²) in [6, 6.07) is 4.68. The molecule has 0 radical (unpaired) electrons. The molecule has 1 aromatic rings. The van der Waals surface area contributed by atoms with Gasteiger partial charge in [0.05, 0.1) is 4.92 Å². The predicted molar refractivity (Wildman–Crippen MR) is 71.1 cm³/mol. The van der Waals surface area contributed by atoms with Crippen LogP contribution in [-0.2, 0) is 5.75 Å². The molecule has 1 aromatic carbocycles. The van der Waals surface area contributed by atoms with Gasteiger partial charge in [-0.1, -0.05) is 12.8 Å². The molecule has 92 valence electrons. The molecule has 0 aliphatic heterocycles. The third-order valence-corrected chi connectivity index (χ3v) is 4.53. The monoisotopic (exact) mass is 252 g/mol. The molecular weight excluding hydrogens is 236 g/mol. The normalized spacial score (nSPS) is 16.2. The number of hydrogen-bond acceptors (Lipinski definition) is 4. The van der Waals surface area contributed by atoms with E-state index in [0.29, 0.717) is 10.9 Å². The van der Waals surface area contributed by atoms with E-state index in [1.807, 2.05) is 11.8 Å². The van der Waals surface area contributed by atoms with Crippen LogP contribution in [0.25, 0.3) is 0 Å². The number of nitro groups is 1. The molecule has 1 aliphatic rings. The smallest absolute Gasteiger partial charge is 0.269 e. The van der Waals surface area contributed by atoms with Gasteiger partial charge in [-0.15, -0.1) is 0 Å². The number of anilines is 1. The Morgan fingerprint density at radius 3 is 2.76 bits per heavy atom. The lowest BCUT2D eigenvalue weighted by Gasteiger charge is -2.10. The van der Waals surface area contributed by atoms with E-state index < -0.39 is 0 Å². The topological polar surface area (TPSA) is 69.2 Å². The Labute approximate surface area is 105 Å². The molecule has 0 unspecified atom stereocenters. The summed E-state index contributed by atoms with van der Waals surface area (Å²) in [6.07, 6.45) is 5.14. The molecule has 0 aromatic heterocycles. The van der Waals surface area contributed by atoms with Crippen molar-refractivity contribution < 1.29 is 4.92 Å². The van der Waals surface area contributed by atoms with Gasteiger partial charge < -0.3 is 5.73 Å². The fourth-order valence-corrected chi connectivity index (χ4v) is 3.43. The second-order valence-electron chi connectivity index (χ2n) is 4.36. The highest BCUT2D eigenvalue weighted by Gasteiger charge is 2.16. The molecule has 0 saturated heterocycles. The fraction of sp³-hybridized carbons (Fsp3) is 0.500. The first-order chi connectivity index (χ1) is 8.16. The van der Waals surface area contributed by atoms with E-state index >= 15 is 0 Å². The van der Waals surface area contributed by atoms with Gasteiger partial charge in [-0.3, -0.25) is 10.1 Å². The number of nitrogens with zero attached hydrogens (tertiary/aromatic N) is 1. The highest BCUT2D eigenvalue weighted by molar-refractivity contribution is 7.99. The van der Waals surface area contributed by atoms with Crippen molar-refractivity contribution in [2.24, 2.45) is 0 Å². The Balaban J connectivity index is 2.03. The minimum Gasteiger partial charge on any atom is -0.398 e. The van der Waals surface area contributed by atoms with E-state index in [9.17, 15) is 10.1 Å². The maximum atomic E-state index is 10.7. The van der Waals surface area contributed by atoms with Gasteiger partial charge in [-0.25, -0.2) is 0 Å². The molecular formula is C12H16N2O2S. The Hall–Kier alpha value is -1.23. The zero-order valence-electron chi connectivity index (χ0n) is 9.59. The first-order valence-electron chi connectivity index (χ1n) is 5.81. The summed E-state index contributed by atoms with van der Waals surface area (Å²) in [5, 5.41) is 11.4. The highest BCUT2D eigenvalue weighted by Crippen LogP contribution is 2.33. The van der Waals surface area contributed by atoms with E-state index in [0.717, 1.165) is 11.3 Å². The number of rotatable bonds is 4. The number of hydrogen-bond donors (Lipinski definition) is 1. The first-order valence-corrected chi connectivity index (χ1v) is 6.86. The van der Waals surface area contributed by atoms with Crippen LogP contribution in [0, 0.1) is 10.1 Å². The van der Waals surface area contributed by atoms with Crippen molar-refractivity contribution in [1.29, 1.82) is 0 Å². The second kappa shape index (κ2) is 5.40. The molecule has 5 heteroatoms. The highest BCUT2D eigenvalue weighted by atomic mass is 32.2. The summed E-state index contributed by atoms with van der Waals surface area (Å²) in [6.45, 7) is 0. The van der Waals surface area contributed by atoms with Crippen LogP contribution >= 0.6 is 11.8 Å². The molecule has 2 rings (SSSR count). The van der Waals surface area contributed by atoms with Gasteiger partial charge in [0.2, 0.25) is 0 Å². The van der Waals surface area contributed by atoms with Gasteiger partial charge in [-0.05, 0) is 24.5 Å². The maximum Gasteiger partial charge on any atom is 0.269 e. The first kappa shape index (κ1) is 12.2. The lowest BCUT2D eigenvalue weighted by Crippen LogP contribution is -1.99. The molecule has 0 bridgehead atoms. The van der Waals surface area contributed by atoms with Gasteiger partial charge in [-0.2, -0.15) is 11.8 Å². The molecule has 1 aliphatic carbocycles. The van der Waals surface area contributed by atoms with Crippen LogP contribution in [0.1, 0.15) is 31.2 Å². The number of nitro benzene ring substituents is 1. The lowest BCUT2D eigenvalue weighted by molar-refractivity contribution is -0.384. The van der Waals surface area contributed by atoms with Crippen LogP contribution in [0.15, 0.2) is 18.2 Å². The van der Waals surface area contributed by atoms with Crippen molar-refractivity contribution in [3.8, 4) is 0 Å². The molecule has 1 fully saturated rings. The number of thioether (sulfide) groups is 1. The molecule has 0 heterocycles. The lowest BCUT2D eigenvalue weighted by atomic mass is 10.2. The predicted octanol–water partition coefficient (Wildman–Crippen LogP) is 3.35. The third kappa shape index (κ3) is 3.12. The van der Waals surface area contributed by atoms with Crippen molar-refractivity contribution in [3.05, 3.63) is 33.9 Å². The van der Waals surface area contributed by atoms with Crippen molar-refractivity contribution in [1.82, 2.24) is 0 Å². The Morgan fingerprint density at radius 2 is 2.12 bits per heavy atom. The van der Waals surface area contributed by atoms with Crippen molar-refractivity contribution in [2.45, 2.75) is 36.7 Å². The summed E-state index contributed by atoms with van der Waals surface area (Å²) < 4.78 is 0. The Morgan fingerprint density at radius 1 is 1.41 bits per heavy atom. The zero-order chi connectivity index (χ0) is 12.3. The van der Waals surface area contributed by atoms with Crippen LogP contribution < -0.4 is 5.73 Å². The van der Waals surface area contributed by atoms with E-state index in [-0.39, 0.29) is 10.6 Å². The molecule has 4 nitrogen and oxygen atoms in total. The summed E-state index contributed by atoms with van der Waals surface area (Å²) >= 11 is 1.87. The SMILES string of the molecule is Nc1ccc([N+](=O)[O-])cc1CSC1CCCC1. The summed E-state index contributed by atoms with van der Waals surface area (Å²) in [7, 11) is 0. The summed E-state index contributed by atoms with van der Waals surface area (Å²) in [4.78, 5) is 10.3. The molecule has 0 amide bonds. The van der Waals surface area contributed by atoms with Crippen LogP contribution in [0.2, 0.25) is 0 Å². The number of nitrogens with two attached hydrogens (primary N) is 1. The molecule has 0 atom stereocenters. The van der Waals surface area contributed by atoms with Crippen molar-refractivity contribution in [2.75, 3.05) is 5.73 Å². The number of nitrogen functional groups attached to an aromatic ring is 1. The zero-order valence-corrected chi connectivity index (χ0v) is 10.4. The van der Waals surface area contributed by atoms with Crippen molar-refractivity contribution >= 4 is 23.1 Å². The minimum atomic E-state index is -0.372. The van der Waals surface area contributed by atoms with Gasteiger partial charge in [0.15, 0.2) is 0 Å². The number of benzene rings is 1. The van der Waals surface area contributed by atoms with Crippen molar-refractivity contribution in [3.63, 3.8) is 0 Å². The van der Waals surface area contributed by atoms with E-state index in [1.165, 1.54) is 31.7 Å². The average Bonchev–Trinajstić information content (AvgIpc) is 2.80. The van der Waals surface area contributed by atoms with Gasteiger partial charge >= 0.3 is 0 Å². The Kier molecular flexibility index (Phi) is 3.89. The standard InChI is InChI=1S/C12H16N2O2S/c13-12-6-5-10(14(15)16)7-9(12)8-17-11-3-1-2-4-11/h5-7,11H,1-4,8,13H2. The van der Waals surface area contributed by atoms with Crippen LogP contribution in [0.5, 0.6) is 0 Å². The molecule has 0 spiro atoms. The number of non-ortho nitro benzene ring substituents is 1. The molecule has 2 N–H and O–H groups in total. The Bertz CT molecular complexity index is 417. The average molecular weight is 252 g/mol. The van der Waals surface area contributed by atoms with Crippen LogP contribution in [-0.4, -0.2) is 10.2 Å². The van der Waals surface area contributed by atoms with Crippen LogP contribution in [0.3, 0.4) is 0 Å². The summed E-state index contributed by atoms with van der Waals surface area (Å²) in [5.74, 6) is 0.776. The van der Waals surface area contributed by atoms with E-state index in [2.05, 4.69) is 0 Å². The maximum absolute atomic E-state index is 10.7. The fourth-order valence-electron chi connectivity index (χ4n) is 2.09. The molecule has 1 saturated carbocycles. The third-order valence-electron chi connectivity index (χ3n) is 3.11. The minimum absolute atomic E-state index is 0.126.